The summed E-state index contributed by atoms with van der Waals surface area (Å²) in [5.41, 5.74) is 3.37. The number of aromatic nitrogens is 1. The van der Waals surface area contributed by atoms with Crippen LogP contribution in [-0.2, 0) is 36.1 Å². The second kappa shape index (κ2) is 11.2. The van der Waals surface area contributed by atoms with Crippen molar-refractivity contribution < 1.29 is 23.8 Å². The minimum Gasteiger partial charge on any atom is -0.496 e. The molecule has 0 bridgehead atoms. The van der Waals surface area contributed by atoms with Gasteiger partial charge >= 0.3 is 12.0 Å². The zero-order chi connectivity index (χ0) is 27.5. The molecule has 0 fully saturated rings. The fraction of sp³-hybridized carbons (Fsp3) is 0.519. The first-order valence-corrected chi connectivity index (χ1v) is 12.2. The Kier molecular flexibility index (Phi) is 8.53. The summed E-state index contributed by atoms with van der Waals surface area (Å²) in [6.45, 7) is 6.78. The van der Waals surface area contributed by atoms with Crippen molar-refractivity contribution in [2.24, 2.45) is 7.05 Å². The number of esters is 1. The average Bonchev–Trinajstić information content (AvgIpc) is 2.84. The maximum atomic E-state index is 13.0. The molecule has 202 valence electrons. The summed E-state index contributed by atoms with van der Waals surface area (Å²) >= 11 is 0. The molecule has 2 heterocycles. The summed E-state index contributed by atoms with van der Waals surface area (Å²) in [5, 5.41) is 2.63. The summed E-state index contributed by atoms with van der Waals surface area (Å²) in [6.07, 6.45) is 2.37. The Morgan fingerprint density at radius 3 is 2.27 bits per heavy atom. The molecule has 10 heteroatoms. The van der Waals surface area contributed by atoms with E-state index in [1.165, 1.54) is 0 Å². The maximum Gasteiger partial charge on any atom is 0.320 e. The van der Waals surface area contributed by atoms with Gasteiger partial charge in [-0.05, 0) is 57.5 Å². The Bertz CT molecular complexity index is 1210. The van der Waals surface area contributed by atoms with Crippen molar-refractivity contribution in [3.05, 3.63) is 45.4 Å². The van der Waals surface area contributed by atoms with E-state index in [0.717, 1.165) is 22.3 Å². The molecule has 1 aromatic heterocycles. The van der Waals surface area contributed by atoms with Gasteiger partial charge in [0, 0.05) is 44.5 Å². The number of amides is 2. The first-order chi connectivity index (χ1) is 17.4. The highest BCUT2D eigenvalue weighted by Gasteiger charge is 2.27. The van der Waals surface area contributed by atoms with E-state index in [2.05, 4.69) is 5.32 Å². The number of benzene rings is 1. The van der Waals surface area contributed by atoms with Gasteiger partial charge in [-0.15, -0.1) is 0 Å². The van der Waals surface area contributed by atoms with Crippen LogP contribution < -0.4 is 20.3 Å². The molecule has 2 aromatic rings. The summed E-state index contributed by atoms with van der Waals surface area (Å²) in [7, 11) is 8.30. The number of pyridine rings is 1. The Labute approximate surface area is 218 Å². The van der Waals surface area contributed by atoms with E-state index in [9.17, 15) is 14.4 Å². The van der Waals surface area contributed by atoms with Gasteiger partial charge in [0.2, 0.25) is 0 Å². The number of hydrogen-bond donors (Lipinski definition) is 1. The van der Waals surface area contributed by atoms with E-state index >= 15 is 0 Å². The van der Waals surface area contributed by atoms with Crippen molar-refractivity contribution in [3.63, 3.8) is 0 Å². The molecule has 0 atom stereocenters. The van der Waals surface area contributed by atoms with Gasteiger partial charge in [-0.25, -0.2) is 4.79 Å². The summed E-state index contributed by atoms with van der Waals surface area (Å²) in [4.78, 5) is 40.9. The van der Waals surface area contributed by atoms with Gasteiger partial charge in [-0.3, -0.25) is 14.5 Å². The zero-order valence-corrected chi connectivity index (χ0v) is 23.1. The Balaban J connectivity index is 1.99. The number of likely N-dealkylation sites (N-methyl/N-ethyl adjacent to an activating group) is 1. The molecular weight excluding hydrogens is 476 g/mol. The topological polar surface area (TPSA) is 102 Å². The van der Waals surface area contributed by atoms with E-state index in [1.54, 1.807) is 37.8 Å². The highest BCUT2D eigenvalue weighted by atomic mass is 16.6. The van der Waals surface area contributed by atoms with Crippen LogP contribution in [0.2, 0.25) is 0 Å². The summed E-state index contributed by atoms with van der Waals surface area (Å²) in [6, 6.07) is 3.63. The van der Waals surface area contributed by atoms with Gasteiger partial charge in [-0.1, -0.05) is 0 Å². The van der Waals surface area contributed by atoms with Crippen LogP contribution in [0.4, 0.5) is 4.79 Å². The first-order valence-electron chi connectivity index (χ1n) is 12.2. The number of methoxy groups -OCH3 is 2. The number of fused-ring (bicyclic) bond motifs is 1. The molecule has 10 nitrogen and oxygen atoms in total. The average molecular weight is 515 g/mol. The van der Waals surface area contributed by atoms with Gasteiger partial charge < -0.3 is 29.0 Å². The monoisotopic (exact) mass is 514 g/mol. The molecule has 1 aliphatic rings. The van der Waals surface area contributed by atoms with E-state index < -0.39 is 5.60 Å². The Morgan fingerprint density at radius 1 is 1.11 bits per heavy atom. The highest BCUT2D eigenvalue weighted by molar-refractivity contribution is 5.76. The smallest absolute Gasteiger partial charge is 0.320 e. The van der Waals surface area contributed by atoms with Gasteiger partial charge in [0.15, 0.2) is 0 Å². The fourth-order valence-corrected chi connectivity index (χ4v) is 4.60. The standard InChI is InChI=1S/C27H38N4O6/c1-27(2,3)37-24(32)16-29(5)13-21-22(35-7)11-17(12-23(21)36-8)19-14-30(6)25(33)20-15-31(26(34)28-4)10-9-18(19)20/h11-12,14H,9-10,13,15-16H2,1-8H3,(H,28,34). The lowest BCUT2D eigenvalue weighted by Gasteiger charge is -2.30. The van der Waals surface area contributed by atoms with Crippen molar-refractivity contribution in [1.82, 2.24) is 19.7 Å². The van der Waals surface area contributed by atoms with E-state index in [1.807, 2.05) is 51.0 Å². The predicted octanol–water partition coefficient (Wildman–Crippen LogP) is 2.54. The van der Waals surface area contributed by atoms with Crippen LogP contribution in [0.1, 0.15) is 37.5 Å². The van der Waals surface area contributed by atoms with Gasteiger partial charge in [-0.2, -0.15) is 0 Å². The van der Waals surface area contributed by atoms with Crippen molar-refractivity contribution in [2.75, 3.05) is 41.4 Å². The number of aryl methyl sites for hydroxylation is 1. The van der Waals surface area contributed by atoms with Crippen LogP contribution >= 0.6 is 0 Å². The lowest BCUT2D eigenvalue weighted by molar-refractivity contribution is -0.155. The minimum atomic E-state index is -0.554. The molecule has 0 spiro atoms. The third kappa shape index (κ3) is 6.43. The van der Waals surface area contributed by atoms with E-state index in [0.29, 0.717) is 36.6 Å². The van der Waals surface area contributed by atoms with Crippen LogP contribution in [0.5, 0.6) is 11.5 Å². The largest absolute Gasteiger partial charge is 0.496 e. The molecule has 2 amide bonds. The highest BCUT2D eigenvalue weighted by Crippen LogP contribution is 2.38. The molecular formula is C27H38N4O6. The second-order valence-electron chi connectivity index (χ2n) is 10.3. The predicted molar refractivity (Wildman–Crippen MR) is 141 cm³/mol. The maximum absolute atomic E-state index is 13.0. The van der Waals surface area contributed by atoms with Crippen molar-refractivity contribution in [3.8, 4) is 22.6 Å². The molecule has 1 aromatic carbocycles. The number of carbonyl (C=O) groups excluding carboxylic acids is 2. The molecule has 0 aliphatic carbocycles. The zero-order valence-electron chi connectivity index (χ0n) is 23.1. The van der Waals surface area contributed by atoms with Crippen molar-refractivity contribution in [2.45, 2.75) is 45.9 Å². The molecule has 3 rings (SSSR count). The lowest BCUT2D eigenvalue weighted by Crippen LogP contribution is -2.44. The lowest BCUT2D eigenvalue weighted by atomic mass is 9.91. The Hall–Kier alpha value is -3.53. The van der Waals surface area contributed by atoms with Crippen molar-refractivity contribution in [1.29, 1.82) is 0 Å². The first kappa shape index (κ1) is 28.0. The van der Waals surface area contributed by atoms with Crippen LogP contribution in [0.3, 0.4) is 0 Å². The third-order valence-electron chi connectivity index (χ3n) is 6.24. The van der Waals surface area contributed by atoms with Crippen LogP contribution in [0.15, 0.2) is 23.1 Å². The summed E-state index contributed by atoms with van der Waals surface area (Å²) in [5.74, 6) is 0.902. The molecule has 37 heavy (non-hydrogen) atoms. The number of rotatable bonds is 7. The third-order valence-corrected chi connectivity index (χ3v) is 6.24. The van der Waals surface area contributed by atoms with Crippen LogP contribution in [0.25, 0.3) is 11.1 Å². The Morgan fingerprint density at radius 2 is 1.73 bits per heavy atom. The van der Waals surface area contributed by atoms with Gasteiger partial charge in [0.05, 0.1) is 32.9 Å². The number of carbonyl (C=O) groups is 2. The SMILES string of the molecule is CNC(=O)N1CCc2c(-c3cc(OC)c(CN(C)CC(=O)OC(C)(C)C)c(OC)c3)cn(C)c(=O)c2C1. The molecule has 1 aliphatic heterocycles. The minimum absolute atomic E-state index is 0.113. The second-order valence-corrected chi connectivity index (χ2v) is 10.3. The number of urea groups is 1. The van der Waals surface area contributed by atoms with Crippen LogP contribution in [0, 0.1) is 0 Å². The molecule has 0 unspecified atom stereocenters. The normalized spacial score (nSPS) is 13.3. The van der Waals surface area contributed by atoms with E-state index in [-0.39, 0.29) is 30.6 Å². The number of nitrogens with zero attached hydrogens (tertiary/aromatic N) is 3. The van der Waals surface area contributed by atoms with Crippen LogP contribution in [-0.4, -0.2) is 73.4 Å². The quantitative estimate of drug-likeness (QED) is 0.567. The molecule has 1 N–H and O–H groups in total. The molecule has 0 radical (unpaired) electrons. The number of hydrogen-bond acceptors (Lipinski definition) is 7. The number of ether oxygens (including phenoxy) is 3. The van der Waals surface area contributed by atoms with Gasteiger partial charge in [0.1, 0.15) is 17.1 Å². The van der Waals surface area contributed by atoms with E-state index in [4.69, 9.17) is 14.2 Å². The summed E-state index contributed by atoms with van der Waals surface area (Å²) < 4.78 is 18.5. The van der Waals surface area contributed by atoms with Crippen molar-refractivity contribution >= 4 is 12.0 Å². The fourth-order valence-electron chi connectivity index (χ4n) is 4.60. The number of nitrogens with one attached hydrogen (secondary N) is 1. The molecule has 0 saturated carbocycles. The van der Waals surface area contributed by atoms with Gasteiger partial charge in [0.25, 0.3) is 5.56 Å². The molecule has 0 saturated heterocycles.